The van der Waals surface area contributed by atoms with Gasteiger partial charge in [-0.15, -0.1) is 0 Å². The molecule has 8 heteroatoms. The number of carbonyl (C=O) groups excluding carboxylic acids is 4. The van der Waals surface area contributed by atoms with Crippen molar-refractivity contribution in [2.75, 3.05) is 27.2 Å². The van der Waals surface area contributed by atoms with Gasteiger partial charge in [0, 0.05) is 14.1 Å². The Morgan fingerprint density at radius 3 is 2.63 bits per heavy atom. The monoisotopic (exact) mass is 372 g/mol. The Bertz CT molecular complexity index is 820. The van der Waals surface area contributed by atoms with Crippen molar-refractivity contribution in [1.82, 2.24) is 20.4 Å². The summed E-state index contributed by atoms with van der Waals surface area (Å²) in [5.74, 6) is -1.31. The maximum absolute atomic E-state index is 12.9. The van der Waals surface area contributed by atoms with Gasteiger partial charge in [0.15, 0.2) is 0 Å². The molecule has 1 fully saturated rings. The van der Waals surface area contributed by atoms with E-state index in [4.69, 9.17) is 0 Å². The third kappa shape index (κ3) is 3.51. The third-order valence-electron chi connectivity index (χ3n) is 5.19. The number of hydrogen-bond donors (Lipinski definition) is 2. The van der Waals surface area contributed by atoms with Crippen LogP contribution < -0.4 is 10.6 Å². The molecule has 0 bridgehead atoms. The minimum atomic E-state index is -1.20. The first-order chi connectivity index (χ1) is 12.7. The van der Waals surface area contributed by atoms with Crippen molar-refractivity contribution in [2.45, 2.75) is 31.7 Å². The molecule has 1 aromatic rings. The van der Waals surface area contributed by atoms with Crippen molar-refractivity contribution >= 4 is 23.8 Å². The predicted octanol–water partition coefficient (Wildman–Crippen LogP) is 0.147. The van der Waals surface area contributed by atoms with Gasteiger partial charge in [0.05, 0.1) is 6.54 Å². The molecule has 1 aromatic carbocycles. The fourth-order valence-corrected chi connectivity index (χ4v) is 3.45. The second-order valence-corrected chi connectivity index (χ2v) is 7.35. The average molecular weight is 372 g/mol. The second kappa shape index (κ2) is 7.02. The van der Waals surface area contributed by atoms with E-state index in [2.05, 4.69) is 10.6 Å². The fourth-order valence-electron chi connectivity index (χ4n) is 3.45. The van der Waals surface area contributed by atoms with Crippen LogP contribution in [-0.2, 0) is 32.8 Å². The van der Waals surface area contributed by atoms with E-state index in [0.717, 1.165) is 24.2 Å². The number of nitrogens with zero attached hydrogens (tertiary/aromatic N) is 2. The zero-order chi connectivity index (χ0) is 19.8. The maximum atomic E-state index is 12.9. The predicted molar refractivity (Wildman–Crippen MR) is 97.8 cm³/mol. The Kier molecular flexibility index (Phi) is 4.91. The Labute approximate surface area is 157 Å². The normalized spacial score (nSPS) is 21.1. The summed E-state index contributed by atoms with van der Waals surface area (Å²) in [5, 5.41) is 5.14. The molecule has 8 nitrogen and oxygen atoms in total. The topological polar surface area (TPSA) is 98.8 Å². The number of imide groups is 1. The van der Waals surface area contributed by atoms with Gasteiger partial charge in [-0.1, -0.05) is 18.2 Å². The summed E-state index contributed by atoms with van der Waals surface area (Å²) < 4.78 is 0. The van der Waals surface area contributed by atoms with Crippen molar-refractivity contribution in [1.29, 1.82) is 0 Å². The molecule has 0 saturated carbocycles. The molecule has 1 atom stereocenters. The molecule has 27 heavy (non-hydrogen) atoms. The number of nitrogens with one attached hydrogen (secondary N) is 2. The average Bonchev–Trinajstić information content (AvgIpc) is 3.18. The van der Waals surface area contributed by atoms with Crippen LogP contribution in [0, 0.1) is 0 Å². The number of carbonyl (C=O) groups is 4. The van der Waals surface area contributed by atoms with E-state index in [0.29, 0.717) is 5.56 Å². The van der Waals surface area contributed by atoms with Crippen LogP contribution in [0.1, 0.15) is 30.0 Å². The maximum Gasteiger partial charge on any atom is 0.325 e. The summed E-state index contributed by atoms with van der Waals surface area (Å²) >= 11 is 0. The number of likely N-dealkylation sites (N-methyl/N-ethyl adjacent to an activating group) is 1. The molecule has 1 heterocycles. The van der Waals surface area contributed by atoms with E-state index < -0.39 is 29.9 Å². The van der Waals surface area contributed by atoms with Gasteiger partial charge >= 0.3 is 6.03 Å². The lowest BCUT2D eigenvalue weighted by Crippen LogP contribution is -2.45. The van der Waals surface area contributed by atoms with Crippen LogP contribution in [0.25, 0.3) is 0 Å². The van der Waals surface area contributed by atoms with Crippen LogP contribution in [0.3, 0.4) is 0 Å². The number of aryl methyl sites for hydroxylation is 2. The van der Waals surface area contributed by atoms with Crippen molar-refractivity contribution in [3.63, 3.8) is 0 Å². The zero-order valence-corrected chi connectivity index (χ0v) is 15.8. The Morgan fingerprint density at radius 1 is 1.22 bits per heavy atom. The van der Waals surface area contributed by atoms with Crippen molar-refractivity contribution < 1.29 is 19.2 Å². The third-order valence-corrected chi connectivity index (χ3v) is 5.19. The summed E-state index contributed by atoms with van der Waals surface area (Å²) in [6.07, 6.45) is 3.09. The first-order valence-corrected chi connectivity index (χ1v) is 8.95. The van der Waals surface area contributed by atoms with Gasteiger partial charge in [-0.05, 0) is 42.9 Å². The molecule has 0 unspecified atom stereocenters. The zero-order valence-electron chi connectivity index (χ0n) is 15.8. The smallest absolute Gasteiger partial charge is 0.325 e. The van der Waals surface area contributed by atoms with Crippen LogP contribution >= 0.6 is 0 Å². The fraction of sp³-hybridized carbons (Fsp3) is 0.474. The molecular formula is C19H24N4O4. The van der Waals surface area contributed by atoms with E-state index >= 15 is 0 Å². The second-order valence-electron chi connectivity index (χ2n) is 7.35. The minimum absolute atomic E-state index is 0.183. The van der Waals surface area contributed by atoms with Crippen LogP contribution in [0.2, 0.25) is 0 Å². The van der Waals surface area contributed by atoms with Gasteiger partial charge in [-0.3, -0.25) is 19.3 Å². The summed E-state index contributed by atoms with van der Waals surface area (Å²) in [7, 11) is 3.15. The number of urea groups is 1. The van der Waals surface area contributed by atoms with Gasteiger partial charge < -0.3 is 15.5 Å². The Balaban J connectivity index is 1.71. The highest BCUT2D eigenvalue weighted by Crippen LogP contribution is 2.32. The summed E-state index contributed by atoms with van der Waals surface area (Å²) in [5.41, 5.74) is 2.00. The molecule has 2 aliphatic rings. The molecular weight excluding hydrogens is 348 g/mol. The van der Waals surface area contributed by atoms with E-state index in [1.807, 2.05) is 18.2 Å². The van der Waals surface area contributed by atoms with Gasteiger partial charge in [0.2, 0.25) is 11.8 Å². The molecule has 1 aliphatic heterocycles. The summed E-state index contributed by atoms with van der Waals surface area (Å²) in [6.45, 7) is 1.04. The van der Waals surface area contributed by atoms with Gasteiger partial charge in [-0.2, -0.15) is 0 Å². The van der Waals surface area contributed by atoms with Gasteiger partial charge in [0.25, 0.3) is 5.91 Å². The van der Waals surface area contributed by atoms with Crippen LogP contribution in [0.15, 0.2) is 18.2 Å². The van der Waals surface area contributed by atoms with Crippen LogP contribution in [-0.4, -0.2) is 60.7 Å². The van der Waals surface area contributed by atoms with E-state index in [-0.39, 0.29) is 12.5 Å². The van der Waals surface area contributed by atoms with Crippen molar-refractivity contribution in [3.05, 3.63) is 34.9 Å². The number of amides is 5. The number of hydrogen-bond acceptors (Lipinski definition) is 4. The van der Waals surface area contributed by atoms with Crippen molar-refractivity contribution in [2.24, 2.45) is 0 Å². The lowest BCUT2D eigenvalue weighted by Gasteiger charge is -2.23. The first-order valence-electron chi connectivity index (χ1n) is 8.95. The highest BCUT2D eigenvalue weighted by atomic mass is 16.2. The SMILES string of the molecule is CN(C)C(=O)CNC(=O)CN1C(=O)N[C@](C)(c2ccc3c(c2)CCC3)C1=O. The largest absolute Gasteiger partial charge is 0.347 e. The van der Waals surface area contributed by atoms with Crippen molar-refractivity contribution in [3.8, 4) is 0 Å². The molecule has 1 aliphatic carbocycles. The minimum Gasteiger partial charge on any atom is -0.347 e. The molecule has 144 valence electrons. The highest BCUT2D eigenvalue weighted by molar-refractivity contribution is 6.09. The Hall–Kier alpha value is -2.90. The van der Waals surface area contributed by atoms with E-state index in [1.54, 1.807) is 21.0 Å². The van der Waals surface area contributed by atoms with E-state index in [1.165, 1.54) is 16.0 Å². The van der Waals surface area contributed by atoms with Crippen LogP contribution in [0.4, 0.5) is 4.79 Å². The lowest BCUT2D eigenvalue weighted by molar-refractivity contribution is -0.135. The standard InChI is InChI=1S/C19H24N4O4/c1-19(14-8-7-12-5-4-6-13(12)9-14)17(26)23(18(27)21-19)11-15(24)20-10-16(25)22(2)3/h7-9H,4-6,10-11H2,1-3H3,(H,20,24)(H,21,27)/t19-/m1/s1. The summed E-state index contributed by atoms with van der Waals surface area (Å²) in [6, 6.07) is 5.23. The highest BCUT2D eigenvalue weighted by Gasteiger charge is 2.49. The number of fused-ring (bicyclic) bond motifs is 1. The first kappa shape index (κ1) is 18.9. The Morgan fingerprint density at radius 2 is 1.93 bits per heavy atom. The summed E-state index contributed by atoms with van der Waals surface area (Å²) in [4.78, 5) is 51.1. The molecule has 1 saturated heterocycles. The quantitative estimate of drug-likeness (QED) is 0.719. The molecule has 0 spiro atoms. The molecule has 0 radical (unpaired) electrons. The van der Waals surface area contributed by atoms with Crippen LogP contribution in [0.5, 0.6) is 0 Å². The van der Waals surface area contributed by atoms with E-state index in [9.17, 15) is 19.2 Å². The number of benzene rings is 1. The van der Waals surface area contributed by atoms with Gasteiger partial charge in [-0.25, -0.2) is 4.79 Å². The molecule has 2 N–H and O–H groups in total. The molecule has 5 amide bonds. The molecule has 0 aromatic heterocycles. The lowest BCUT2D eigenvalue weighted by atomic mass is 9.89. The van der Waals surface area contributed by atoms with Gasteiger partial charge in [0.1, 0.15) is 12.1 Å². The number of rotatable bonds is 5. The molecule has 3 rings (SSSR count).